The van der Waals surface area contributed by atoms with Crippen molar-refractivity contribution in [2.45, 2.75) is 57.5 Å². The van der Waals surface area contributed by atoms with Crippen LogP contribution in [0.1, 0.15) is 66.4 Å². The van der Waals surface area contributed by atoms with Crippen LogP contribution in [0.2, 0.25) is 0 Å². The van der Waals surface area contributed by atoms with Crippen LogP contribution in [-0.2, 0) is 22.6 Å². The van der Waals surface area contributed by atoms with E-state index in [2.05, 4.69) is 4.98 Å². The Morgan fingerprint density at radius 1 is 1.05 bits per heavy atom. The molecule has 1 fully saturated rings. The van der Waals surface area contributed by atoms with E-state index in [1.165, 1.54) is 40.6 Å². The van der Waals surface area contributed by atoms with Gasteiger partial charge in [0.05, 0.1) is 0 Å². The van der Waals surface area contributed by atoms with Gasteiger partial charge in [0.15, 0.2) is 11.5 Å². The van der Waals surface area contributed by atoms with Crippen LogP contribution in [0.4, 0.5) is 4.39 Å². The minimum Gasteiger partial charge on any atom is -0.501 e. The Hall–Kier alpha value is -3.60. The molecule has 2 aliphatic rings. The summed E-state index contributed by atoms with van der Waals surface area (Å²) in [4.78, 5) is 62.3. The lowest BCUT2D eigenvalue weighted by Crippen LogP contribution is -2.49. The van der Waals surface area contributed by atoms with Gasteiger partial charge in [-0.3, -0.25) is 23.7 Å². The van der Waals surface area contributed by atoms with Crippen molar-refractivity contribution >= 4 is 17.6 Å². The lowest BCUT2D eigenvalue weighted by atomic mass is 9.88. The highest BCUT2D eigenvalue weighted by atomic mass is 19.1. The second-order valence-electron chi connectivity index (χ2n) is 11.1. The van der Waals surface area contributed by atoms with Crippen LogP contribution in [0.3, 0.4) is 0 Å². The minimum atomic E-state index is -0.775. The summed E-state index contributed by atoms with van der Waals surface area (Å²) in [5.41, 5.74) is -0.372. The van der Waals surface area contributed by atoms with Gasteiger partial charge in [0.2, 0.25) is 5.75 Å². The Balaban J connectivity index is 1.73. The summed E-state index contributed by atoms with van der Waals surface area (Å²) >= 11 is 0. The number of likely N-dealkylation sites (N-methyl/N-ethyl adjacent to an activating group) is 2. The molecule has 10 nitrogen and oxygen atoms in total. The molecule has 4 rings (SSSR count). The predicted molar refractivity (Wildman–Crippen MR) is 146 cm³/mol. The molecule has 1 saturated carbocycles. The first-order valence-electron chi connectivity index (χ1n) is 13.9. The molecular formula is C29H38FN5O5. The average molecular weight is 556 g/mol. The van der Waals surface area contributed by atoms with Crippen molar-refractivity contribution in [2.75, 3.05) is 40.8 Å². The summed E-state index contributed by atoms with van der Waals surface area (Å²) in [5.74, 6) is -2.62. The molecule has 1 aliphatic carbocycles. The van der Waals surface area contributed by atoms with Crippen LogP contribution < -0.4 is 5.56 Å². The second-order valence-corrected chi connectivity index (χ2v) is 11.1. The molecule has 2 heterocycles. The number of amides is 2. The number of benzene rings is 1. The van der Waals surface area contributed by atoms with E-state index in [-0.39, 0.29) is 42.6 Å². The summed E-state index contributed by atoms with van der Waals surface area (Å²) in [7, 11) is 4.89. The van der Waals surface area contributed by atoms with Crippen molar-refractivity contribution < 1.29 is 23.9 Å². The quantitative estimate of drug-likeness (QED) is 0.412. The number of Topliss-reactive ketones (excluding diaryl/α,β-unsaturated/α-hetero) is 1. The number of aromatic nitrogens is 2. The zero-order valence-electron chi connectivity index (χ0n) is 23.4. The van der Waals surface area contributed by atoms with Crippen molar-refractivity contribution in [3.63, 3.8) is 0 Å². The third kappa shape index (κ3) is 6.57. The summed E-state index contributed by atoms with van der Waals surface area (Å²) < 4.78 is 14.6. The molecule has 2 amide bonds. The van der Waals surface area contributed by atoms with Crippen molar-refractivity contribution in [3.05, 3.63) is 57.5 Å². The maximum atomic E-state index is 13.6. The van der Waals surface area contributed by atoms with Gasteiger partial charge in [-0.05, 0) is 49.9 Å². The molecule has 1 unspecified atom stereocenters. The summed E-state index contributed by atoms with van der Waals surface area (Å²) in [6.07, 6.45) is 5.33. The Bertz CT molecular complexity index is 1300. The third-order valence-electron chi connectivity index (χ3n) is 7.89. The number of hydrogen-bond acceptors (Lipinski definition) is 7. The van der Waals surface area contributed by atoms with Crippen molar-refractivity contribution in [1.29, 1.82) is 0 Å². The van der Waals surface area contributed by atoms with Crippen LogP contribution in [0.15, 0.2) is 29.1 Å². The number of halogens is 1. The topological polar surface area (TPSA) is 116 Å². The largest absolute Gasteiger partial charge is 0.501 e. The standard InChI is InChI=1S/C29H38FN5O5/c1-32(2)28(39)29(40)35(17-20-7-5-4-6-8-20)22-18-33(3)15-16-34-26(22)31-24(25(37)27(34)38)23(36)14-11-19-9-12-21(30)13-10-19/h9-10,12-13,20,22,37H,4-8,11,14-18H2,1-3H3. The highest BCUT2D eigenvalue weighted by molar-refractivity contribution is 6.34. The molecular weight excluding hydrogens is 517 g/mol. The molecule has 11 heteroatoms. The van der Waals surface area contributed by atoms with E-state index >= 15 is 0 Å². The van der Waals surface area contributed by atoms with Crippen LogP contribution in [0.5, 0.6) is 5.75 Å². The molecule has 1 aliphatic heterocycles. The first kappa shape index (κ1) is 29.4. The molecule has 40 heavy (non-hydrogen) atoms. The first-order valence-corrected chi connectivity index (χ1v) is 13.9. The Morgan fingerprint density at radius 3 is 2.38 bits per heavy atom. The fourth-order valence-corrected chi connectivity index (χ4v) is 5.54. The van der Waals surface area contributed by atoms with Crippen LogP contribution in [0, 0.1) is 11.7 Å². The number of nitrogens with zero attached hydrogens (tertiary/aromatic N) is 5. The van der Waals surface area contributed by atoms with E-state index < -0.39 is 34.9 Å². The van der Waals surface area contributed by atoms with Gasteiger partial charge in [-0.25, -0.2) is 9.37 Å². The highest BCUT2D eigenvalue weighted by Crippen LogP contribution is 2.30. The smallest absolute Gasteiger partial charge is 0.312 e. The van der Waals surface area contributed by atoms with Crippen LogP contribution >= 0.6 is 0 Å². The average Bonchev–Trinajstić information content (AvgIpc) is 3.11. The molecule has 2 aromatic rings. The monoisotopic (exact) mass is 555 g/mol. The fraction of sp³-hybridized carbons (Fsp3) is 0.552. The Morgan fingerprint density at radius 2 is 1.73 bits per heavy atom. The molecule has 0 bridgehead atoms. The summed E-state index contributed by atoms with van der Waals surface area (Å²) in [6, 6.07) is 4.98. The highest BCUT2D eigenvalue weighted by Gasteiger charge is 2.38. The van der Waals surface area contributed by atoms with Gasteiger partial charge in [-0.1, -0.05) is 31.4 Å². The summed E-state index contributed by atoms with van der Waals surface area (Å²) in [6.45, 7) is 1.30. The van der Waals surface area contributed by atoms with E-state index in [0.717, 1.165) is 37.7 Å². The maximum Gasteiger partial charge on any atom is 0.312 e. The SMILES string of the molecule is CN1CCn2c(nc(C(=O)CCc3ccc(F)cc3)c(O)c2=O)C(N(CC2CCCCC2)C(=O)C(=O)N(C)C)C1. The number of fused-ring (bicyclic) bond motifs is 1. The molecule has 216 valence electrons. The van der Waals surface area contributed by atoms with Gasteiger partial charge in [0.25, 0.3) is 5.56 Å². The molecule has 1 aromatic heterocycles. The molecule has 1 aromatic carbocycles. The van der Waals surface area contributed by atoms with E-state index in [1.54, 1.807) is 12.1 Å². The van der Waals surface area contributed by atoms with Crippen LogP contribution in [0.25, 0.3) is 0 Å². The van der Waals surface area contributed by atoms with Gasteiger partial charge in [0.1, 0.15) is 17.7 Å². The van der Waals surface area contributed by atoms with E-state index in [1.807, 2.05) is 11.9 Å². The number of ketones is 1. The number of carbonyl (C=O) groups excluding carboxylic acids is 3. The predicted octanol–water partition coefficient (Wildman–Crippen LogP) is 2.39. The fourth-order valence-electron chi connectivity index (χ4n) is 5.54. The Labute approximate surface area is 233 Å². The number of aromatic hydroxyl groups is 1. The maximum absolute atomic E-state index is 13.6. The number of hydrogen-bond donors (Lipinski definition) is 1. The van der Waals surface area contributed by atoms with Gasteiger partial charge >= 0.3 is 11.8 Å². The van der Waals surface area contributed by atoms with Gasteiger partial charge < -0.3 is 19.8 Å². The lowest BCUT2D eigenvalue weighted by molar-refractivity contribution is -0.152. The summed E-state index contributed by atoms with van der Waals surface area (Å²) in [5, 5.41) is 10.8. The van der Waals surface area contributed by atoms with Crippen molar-refractivity contribution in [3.8, 4) is 5.75 Å². The van der Waals surface area contributed by atoms with Crippen molar-refractivity contribution in [2.24, 2.45) is 5.92 Å². The molecule has 0 radical (unpaired) electrons. The van der Waals surface area contributed by atoms with E-state index in [9.17, 15) is 28.7 Å². The lowest BCUT2D eigenvalue weighted by Gasteiger charge is -2.36. The number of rotatable bonds is 7. The van der Waals surface area contributed by atoms with Gasteiger partial charge in [-0.15, -0.1) is 0 Å². The normalized spacial score (nSPS) is 18.1. The molecule has 1 N–H and O–H groups in total. The molecule has 0 saturated heterocycles. The number of carbonyl (C=O) groups is 3. The Kier molecular flexibility index (Phi) is 9.34. The third-order valence-corrected chi connectivity index (χ3v) is 7.89. The zero-order valence-corrected chi connectivity index (χ0v) is 23.4. The zero-order chi connectivity index (χ0) is 29.0. The molecule has 1 atom stereocenters. The van der Waals surface area contributed by atoms with Gasteiger partial charge in [-0.2, -0.15) is 0 Å². The van der Waals surface area contributed by atoms with E-state index in [0.29, 0.717) is 19.6 Å². The van der Waals surface area contributed by atoms with E-state index in [4.69, 9.17) is 0 Å². The number of aryl methyl sites for hydroxylation is 1. The van der Waals surface area contributed by atoms with Crippen molar-refractivity contribution in [1.82, 2.24) is 24.3 Å². The first-order chi connectivity index (χ1) is 19.1. The van der Waals surface area contributed by atoms with Gasteiger partial charge in [0, 0.05) is 46.7 Å². The van der Waals surface area contributed by atoms with Crippen LogP contribution in [-0.4, -0.2) is 87.7 Å². The minimum absolute atomic E-state index is 0.0521. The second kappa shape index (κ2) is 12.7. The molecule has 0 spiro atoms.